The number of hydrogen-bond donors (Lipinski definition) is 0. The van der Waals surface area contributed by atoms with Gasteiger partial charge in [-0.3, -0.25) is 0 Å². The van der Waals surface area contributed by atoms with Crippen molar-refractivity contribution in [3.63, 3.8) is 0 Å². The Morgan fingerprint density at radius 2 is 2.22 bits per heavy atom. The van der Waals surface area contributed by atoms with Crippen LogP contribution in [-0.4, -0.2) is 23.2 Å². The number of rotatable bonds is 3. The highest BCUT2D eigenvalue weighted by Crippen LogP contribution is 2.49. The maximum atomic E-state index is 10.4. The first-order chi connectivity index (χ1) is 8.77. The van der Waals surface area contributed by atoms with Gasteiger partial charge in [-0.05, 0) is 30.5 Å². The standard InChI is InChI=1S/C13H11N3O2/c1-18-12-7-14-11-6-9(2-3-10(11)16-12)13(4-5-13)15-8-17/h2-3,6-7H,4-5H2,1H3. The van der Waals surface area contributed by atoms with Crippen molar-refractivity contribution in [3.05, 3.63) is 30.0 Å². The molecule has 0 unspecified atom stereocenters. The van der Waals surface area contributed by atoms with Crippen LogP contribution in [0.2, 0.25) is 0 Å². The predicted molar refractivity (Wildman–Crippen MR) is 65.1 cm³/mol. The number of aromatic nitrogens is 2. The third kappa shape index (κ3) is 1.65. The minimum absolute atomic E-state index is 0.364. The number of carbonyl (C=O) groups excluding carboxylic acids is 1. The highest BCUT2D eigenvalue weighted by Gasteiger charge is 2.44. The molecule has 1 aromatic heterocycles. The van der Waals surface area contributed by atoms with Gasteiger partial charge in [-0.2, -0.15) is 4.99 Å². The summed E-state index contributed by atoms with van der Waals surface area (Å²) in [5, 5.41) is 0. The van der Waals surface area contributed by atoms with Gasteiger partial charge in [-0.15, -0.1) is 0 Å². The molecule has 5 heteroatoms. The quantitative estimate of drug-likeness (QED) is 0.608. The number of hydrogen-bond acceptors (Lipinski definition) is 5. The molecule has 0 N–H and O–H groups in total. The fourth-order valence-corrected chi connectivity index (χ4v) is 2.05. The minimum Gasteiger partial charge on any atom is -0.480 e. The molecular formula is C13H11N3O2. The van der Waals surface area contributed by atoms with Crippen molar-refractivity contribution in [2.24, 2.45) is 4.99 Å². The highest BCUT2D eigenvalue weighted by molar-refractivity contribution is 5.75. The predicted octanol–water partition coefficient (Wildman–Crippen LogP) is 1.96. The van der Waals surface area contributed by atoms with Gasteiger partial charge in [-0.25, -0.2) is 14.8 Å². The number of nitrogens with zero attached hydrogens (tertiary/aromatic N) is 3. The smallest absolute Gasteiger partial charge is 0.235 e. The molecular weight excluding hydrogens is 230 g/mol. The van der Waals surface area contributed by atoms with E-state index < -0.39 is 0 Å². The van der Waals surface area contributed by atoms with Crippen LogP contribution in [0.3, 0.4) is 0 Å². The zero-order valence-electron chi connectivity index (χ0n) is 9.88. The number of methoxy groups -OCH3 is 1. The average molecular weight is 241 g/mol. The molecule has 90 valence electrons. The highest BCUT2D eigenvalue weighted by atomic mass is 16.5. The van der Waals surface area contributed by atoms with Crippen molar-refractivity contribution < 1.29 is 9.53 Å². The second-order valence-electron chi connectivity index (χ2n) is 4.35. The SMILES string of the molecule is COc1cnc2cc(C3(N=C=O)CC3)ccc2n1. The van der Waals surface area contributed by atoms with E-state index >= 15 is 0 Å². The minimum atomic E-state index is -0.364. The van der Waals surface area contributed by atoms with E-state index in [1.807, 2.05) is 18.2 Å². The summed E-state index contributed by atoms with van der Waals surface area (Å²) in [6.45, 7) is 0. The summed E-state index contributed by atoms with van der Waals surface area (Å²) in [5.74, 6) is 0.488. The van der Waals surface area contributed by atoms with Gasteiger partial charge in [0.1, 0.15) is 0 Å². The van der Waals surface area contributed by atoms with Crippen LogP contribution in [0.1, 0.15) is 18.4 Å². The Hall–Kier alpha value is -2.26. The van der Waals surface area contributed by atoms with E-state index in [1.54, 1.807) is 19.4 Å². The van der Waals surface area contributed by atoms with Crippen molar-refractivity contribution in [1.29, 1.82) is 0 Å². The van der Waals surface area contributed by atoms with Crippen LogP contribution < -0.4 is 4.74 Å². The molecule has 1 saturated carbocycles. The molecule has 0 spiro atoms. The van der Waals surface area contributed by atoms with Crippen LogP contribution in [0.25, 0.3) is 11.0 Å². The molecule has 5 nitrogen and oxygen atoms in total. The molecule has 0 saturated heterocycles. The van der Waals surface area contributed by atoms with Crippen LogP contribution in [-0.2, 0) is 10.3 Å². The van der Waals surface area contributed by atoms with E-state index in [1.165, 1.54) is 0 Å². The molecule has 1 heterocycles. The molecule has 1 fully saturated rings. The van der Waals surface area contributed by atoms with Crippen molar-refractivity contribution in [2.45, 2.75) is 18.4 Å². The zero-order chi connectivity index (χ0) is 12.6. The number of ether oxygens (including phenoxy) is 1. The van der Waals surface area contributed by atoms with E-state index in [2.05, 4.69) is 15.0 Å². The Kier molecular flexibility index (Phi) is 2.35. The first-order valence-corrected chi connectivity index (χ1v) is 5.68. The van der Waals surface area contributed by atoms with Gasteiger partial charge in [-0.1, -0.05) is 6.07 Å². The molecule has 18 heavy (non-hydrogen) atoms. The lowest BCUT2D eigenvalue weighted by atomic mass is 10.0. The van der Waals surface area contributed by atoms with Crippen LogP contribution in [0.15, 0.2) is 29.4 Å². The van der Waals surface area contributed by atoms with E-state index in [0.29, 0.717) is 5.88 Å². The molecule has 0 aliphatic heterocycles. The molecule has 2 aromatic rings. The first kappa shape index (κ1) is 10.9. The molecule has 0 bridgehead atoms. The number of isocyanates is 1. The molecule has 3 rings (SSSR count). The van der Waals surface area contributed by atoms with Gasteiger partial charge in [0.25, 0.3) is 0 Å². The van der Waals surface area contributed by atoms with Crippen molar-refractivity contribution in [2.75, 3.05) is 7.11 Å². The summed E-state index contributed by atoms with van der Waals surface area (Å²) in [7, 11) is 1.56. The summed E-state index contributed by atoms with van der Waals surface area (Å²) in [6.07, 6.45) is 5.00. The summed E-state index contributed by atoms with van der Waals surface area (Å²) in [4.78, 5) is 22.9. The van der Waals surface area contributed by atoms with E-state index in [4.69, 9.17) is 4.74 Å². The topological polar surface area (TPSA) is 64.4 Å². The summed E-state index contributed by atoms with van der Waals surface area (Å²) >= 11 is 0. The maximum absolute atomic E-state index is 10.4. The Bertz CT molecular complexity index is 658. The molecule has 0 amide bonds. The molecule has 1 aromatic carbocycles. The van der Waals surface area contributed by atoms with Crippen molar-refractivity contribution in [3.8, 4) is 5.88 Å². The van der Waals surface area contributed by atoms with Gasteiger partial charge in [0.15, 0.2) is 0 Å². The van der Waals surface area contributed by atoms with E-state index in [-0.39, 0.29) is 5.54 Å². The maximum Gasteiger partial charge on any atom is 0.235 e. The lowest BCUT2D eigenvalue weighted by Crippen LogP contribution is -2.02. The molecule has 1 aliphatic rings. The summed E-state index contributed by atoms with van der Waals surface area (Å²) in [6, 6.07) is 5.74. The molecule has 0 atom stereocenters. The van der Waals surface area contributed by atoms with Gasteiger partial charge in [0, 0.05) is 0 Å². The second kappa shape index (κ2) is 3.89. The third-order valence-corrected chi connectivity index (χ3v) is 3.25. The average Bonchev–Trinajstić information content (AvgIpc) is 3.19. The molecule has 1 aliphatic carbocycles. The Morgan fingerprint density at radius 3 is 2.89 bits per heavy atom. The summed E-state index contributed by atoms with van der Waals surface area (Å²) in [5.41, 5.74) is 2.18. The largest absolute Gasteiger partial charge is 0.480 e. The fourth-order valence-electron chi connectivity index (χ4n) is 2.05. The Labute approximate surface area is 104 Å². The Balaban J connectivity index is 2.09. The number of fused-ring (bicyclic) bond motifs is 1. The lowest BCUT2D eigenvalue weighted by molar-refractivity contribution is 0.397. The summed E-state index contributed by atoms with van der Waals surface area (Å²) < 4.78 is 5.03. The van der Waals surface area contributed by atoms with Gasteiger partial charge < -0.3 is 4.74 Å². The van der Waals surface area contributed by atoms with Gasteiger partial charge in [0.05, 0.1) is 29.9 Å². The van der Waals surface area contributed by atoms with Gasteiger partial charge in [0.2, 0.25) is 12.0 Å². The Morgan fingerprint density at radius 1 is 1.39 bits per heavy atom. The number of aliphatic imine (C=N–C) groups is 1. The normalized spacial score (nSPS) is 16.1. The van der Waals surface area contributed by atoms with Crippen LogP contribution >= 0.6 is 0 Å². The number of benzene rings is 1. The van der Waals surface area contributed by atoms with E-state index in [0.717, 1.165) is 29.4 Å². The van der Waals surface area contributed by atoms with Crippen molar-refractivity contribution >= 4 is 17.1 Å². The zero-order valence-corrected chi connectivity index (χ0v) is 9.88. The van der Waals surface area contributed by atoms with Gasteiger partial charge >= 0.3 is 0 Å². The van der Waals surface area contributed by atoms with Crippen LogP contribution in [0.5, 0.6) is 5.88 Å². The lowest BCUT2D eigenvalue weighted by Gasteiger charge is -2.08. The first-order valence-electron chi connectivity index (χ1n) is 5.68. The van der Waals surface area contributed by atoms with Crippen LogP contribution in [0.4, 0.5) is 0 Å². The monoisotopic (exact) mass is 241 g/mol. The third-order valence-electron chi connectivity index (χ3n) is 3.25. The second-order valence-corrected chi connectivity index (χ2v) is 4.35. The van der Waals surface area contributed by atoms with Crippen molar-refractivity contribution in [1.82, 2.24) is 9.97 Å². The fraction of sp³-hybridized carbons (Fsp3) is 0.308. The molecule has 0 radical (unpaired) electrons. The van der Waals surface area contributed by atoms with Crippen LogP contribution in [0, 0.1) is 0 Å². The van der Waals surface area contributed by atoms with E-state index in [9.17, 15) is 4.79 Å².